The molecule has 1 aromatic heterocycles. The Kier molecular flexibility index (Phi) is 1.54. The van der Waals surface area contributed by atoms with Gasteiger partial charge < -0.3 is 0 Å². The van der Waals surface area contributed by atoms with Crippen LogP contribution in [0.25, 0.3) is 11.0 Å². The summed E-state index contributed by atoms with van der Waals surface area (Å²) in [6.45, 7) is 4.01. The van der Waals surface area contributed by atoms with Crippen molar-refractivity contribution in [2.24, 2.45) is 0 Å². The van der Waals surface area contributed by atoms with Gasteiger partial charge in [0.25, 0.3) is 0 Å². The predicted molar refractivity (Wildman–Crippen MR) is 49.0 cm³/mol. The molecular weight excluding hydrogens is 148 g/mol. The Morgan fingerprint density at radius 3 is 2.83 bits per heavy atom. The van der Waals surface area contributed by atoms with Crippen LogP contribution in [0.4, 0.5) is 0 Å². The molecule has 0 bridgehead atoms. The van der Waals surface area contributed by atoms with Crippen molar-refractivity contribution in [2.75, 3.05) is 0 Å². The Bertz CT molecular complexity index is 421. The molecule has 12 heavy (non-hydrogen) atoms. The van der Waals surface area contributed by atoms with Crippen LogP contribution in [0.5, 0.6) is 0 Å². The van der Waals surface area contributed by atoms with Gasteiger partial charge in [0.15, 0.2) is 0 Å². The molecule has 0 aliphatic carbocycles. The molecule has 2 heteroatoms. The van der Waals surface area contributed by atoms with Crippen molar-refractivity contribution >= 4 is 11.0 Å². The topological polar surface area (TPSA) is 25.8 Å². The van der Waals surface area contributed by atoms with E-state index < -0.39 is 0 Å². The van der Waals surface area contributed by atoms with Crippen LogP contribution in [0, 0.1) is 13.8 Å². The molecule has 0 saturated carbocycles. The van der Waals surface area contributed by atoms with Gasteiger partial charge in [0.2, 0.25) is 0 Å². The Hall–Kier alpha value is -1.44. The first-order valence-electron chi connectivity index (χ1n) is 3.96. The first-order valence-corrected chi connectivity index (χ1v) is 3.96. The van der Waals surface area contributed by atoms with Crippen molar-refractivity contribution in [2.45, 2.75) is 13.8 Å². The van der Waals surface area contributed by atoms with Crippen LogP contribution in [0.1, 0.15) is 11.3 Å². The zero-order chi connectivity index (χ0) is 8.55. The number of aryl methyl sites for hydroxylation is 2. The van der Waals surface area contributed by atoms with E-state index in [0.29, 0.717) is 0 Å². The normalized spacial score (nSPS) is 10.5. The second-order valence-corrected chi connectivity index (χ2v) is 2.95. The first kappa shape index (κ1) is 7.22. The Balaban J connectivity index is 2.88. The summed E-state index contributed by atoms with van der Waals surface area (Å²) in [6.07, 6.45) is 1.79. The van der Waals surface area contributed by atoms with Gasteiger partial charge in [-0.2, -0.15) is 0 Å². The molecule has 1 heterocycles. The summed E-state index contributed by atoms with van der Waals surface area (Å²) in [5, 5.41) is 0. The van der Waals surface area contributed by atoms with Crippen LogP contribution in [-0.2, 0) is 0 Å². The Labute approximate surface area is 71.3 Å². The molecule has 2 aromatic rings. The van der Waals surface area contributed by atoms with Gasteiger partial charge in [-0.05, 0) is 25.5 Å². The number of fused-ring (bicyclic) bond motifs is 1. The summed E-state index contributed by atoms with van der Waals surface area (Å²) in [4.78, 5) is 8.69. The molecule has 0 saturated heterocycles. The summed E-state index contributed by atoms with van der Waals surface area (Å²) in [5.74, 6) is 0. The maximum Gasteiger partial charge on any atom is 0.0919 e. The number of hydrogen-bond donors (Lipinski definition) is 0. The van der Waals surface area contributed by atoms with Gasteiger partial charge in [-0.1, -0.05) is 12.1 Å². The maximum atomic E-state index is 4.41. The van der Waals surface area contributed by atoms with Gasteiger partial charge in [-0.3, -0.25) is 4.98 Å². The van der Waals surface area contributed by atoms with Gasteiger partial charge in [0, 0.05) is 6.20 Å². The standard InChI is InChI=1S/C10H10N2/c1-7-4-3-5-9-10(7)12-8(2)6-11-9/h3-6H,1-2H3. The van der Waals surface area contributed by atoms with Gasteiger partial charge in [-0.15, -0.1) is 0 Å². The highest BCUT2D eigenvalue weighted by molar-refractivity contribution is 5.77. The summed E-state index contributed by atoms with van der Waals surface area (Å²) in [5.41, 5.74) is 4.14. The highest BCUT2D eigenvalue weighted by atomic mass is 14.8. The lowest BCUT2D eigenvalue weighted by Gasteiger charge is -1.99. The van der Waals surface area contributed by atoms with Crippen LogP contribution >= 0.6 is 0 Å². The minimum absolute atomic E-state index is 0.969. The third kappa shape index (κ3) is 1.05. The zero-order valence-corrected chi connectivity index (χ0v) is 7.20. The fourth-order valence-corrected chi connectivity index (χ4v) is 1.26. The molecule has 0 amide bonds. The zero-order valence-electron chi connectivity index (χ0n) is 7.20. The van der Waals surface area contributed by atoms with E-state index in [1.807, 2.05) is 19.1 Å². The summed E-state index contributed by atoms with van der Waals surface area (Å²) < 4.78 is 0. The first-order chi connectivity index (χ1) is 5.77. The van der Waals surface area contributed by atoms with Crippen LogP contribution in [-0.4, -0.2) is 9.97 Å². The van der Waals surface area contributed by atoms with Crippen molar-refractivity contribution in [3.05, 3.63) is 35.7 Å². The molecule has 0 N–H and O–H groups in total. The molecule has 60 valence electrons. The molecular formula is C10H10N2. The fraction of sp³-hybridized carbons (Fsp3) is 0.200. The molecule has 0 unspecified atom stereocenters. The van der Waals surface area contributed by atoms with E-state index in [1.54, 1.807) is 6.20 Å². The quantitative estimate of drug-likeness (QED) is 0.587. The lowest BCUT2D eigenvalue weighted by Crippen LogP contribution is -1.88. The molecule has 0 atom stereocenters. The summed E-state index contributed by atoms with van der Waals surface area (Å²) in [7, 11) is 0. The molecule has 0 spiro atoms. The smallest absolute Gasteiger partial charge is 0.0919 e. The van der Waals surface area contributed by atoms with Crippen LogP contribution in [0.15, 0.2) is 24.4 Å². The van der Waals surface area contributed by atoms with E-state index in [4.69, 9.17) is 0 Å². The van der Waals surface area contributed by atoms with Crippen molar-refractivity contribution in [1.82, 2.24) is 9.97 Å². The van der Waals surface area contributed by atoms with Crippen LogP contribution < -0.4 is 0 Å². The third-order valence-corrected chi connectivity index (χ3v) is 1.90. The van der Waals surface area contributed by atoms with E-state index in [-0.39, 0.29) is 0 Å². The summed E-state index contributed by atoms with van der Waals surface area (Å²) >= 11 is 0. The van der Waals surface area contributed by atoms with E-state index in [1.165, 1.54) is 5.56 Å². The average Bonchev–Trinajstić information content (AvgIpc) is 2.07. The second kappa shape index (κ2) is 2.55. The average molecular weight is 158 g/mol. The minimum atomic E-state index is 0.969. The largest absolute Gasteiger partial charge is 0.253 e. The van der Waals surface area contributed by atoms with Gasteiger partial charge in [0.1, 0.15) is 0 Å². The molecule has 2 nitrogen and oxygen atoms in total. The van der Waals surface area contributed by atoms with E-state index >= 15 is 0 Å². The Morgan fingerprint density at radius 1 is 1.17 bits per heavy atom. The summed E-state index contributed by atoms with van der Waals surface area (Å²) in [6, 6.07) is 6.03. The van der Waals surface area contributed by atoms with Crippen molar-refractivity contribution in [3.8, 4) is 0 Å². The molecule has 0 radical (unpaired) electrons. The van der Waals surface area contributed by atoms with Gasteiger partial charge in [0.05, 0.1) is 16.7 Å². The minimum Gasteiger partial charge on any atom is -0.253 e. The van der Waals surface area contributed by atoms with Gasteiger partial charge in [-0.25, -0.2) is 4.98 Å². The molecule has 0 aliphatic heterocycles. The highest BCUT2D eigenvalue weighted by Crippen LogP contribution is 2.12. The number of rotatable bonds is 0. The monoisotopic (exact) mass is 158 g/mol. The number of para-hydroxylation sites is 1. The van der Waals surface area contributed by atoms with E-state index in [9.17, 15) is 0 Å². The lowest BCUT2D eigenvalue weighted by atomic mass is 10.2. The van der Waals surface area contributed by atoms with Crippen molar-refractivity contribution in [3.63, 3.8) is 0 Å². The Morgan fingerprint density at radius 2 is 2.00 bits per heavy atom. The van der Waals surface area contributed by atoms with Crippen LogP contribution in [0.2, 0.25) is 0 Å². The predicted octanol–water partition coefficient (Wildman–Crippen LogP) is 2.25. The van der Waals surface area contributed by atoms with Gasteiger partial charge >= 0.3 is 0 Å². The molecule has 0 aliphatic rings. The maximum absolute atomic E-state index is 4.41. The van der Waals surface area contributed by atoms with E-state index in [2.05, 4.69) is 23.0 Å². The molecule has 1 aromatic carbocycles. The number of benzene rings is 1. The highest BCUT2D eigenvalue weighted by Gasteiger charge is 1.98. The fourth-order valence-electron chi connectivity index (χ4n) is 1.26. The van der Waals surface area contributed by atoms with Crippen molar-refractivity contribution in [1.29, 1.82) is 0 Å². The molecule has 0 fully saturated rings. The lowest BCUT2D eigenvalue weighted by molar-refractivity contribution is 1.17. The van der Waals surface area contributed by atoms with E-state index in [0.717, 1.165) is 16.7 Å². The van der Waals surface area contributed by atoms with Crippen LogP contribution in [0.3, 0.4) is 0 Å². The number of aromatic nitrogens is 2. The number of nitrogens with zero attached hydrogens (tertiary/aromatic N) is 2. The SMILES string of the molecule is Cc1cnc2cccc(C)c2n1. The van der Waals surface area contributed by atoms with Crippen molar-refractivity contribution < 1.29 is 0 Å². The third-order valence-electron chi connectivity index (χ3n) is 1.90. The second-order valence-electron chi connectivity index (χ2n) is 2.95. The molecule has 2 rings (SSSR count). The number of hydrogen-bond acceptors (Lipinski definition) is 2.